The first-order chi connectivity index (χ1) is 70.7. The number of ether oxygens (including phenoxy) is 1. The predicted molar refractivity (Wildman–Crippen MR) is 604 cm³/mol. The monoisotopic (exact) mass is 2150 g/mol. The Hall–Kier alpha value is -15.5. The molecule has 1 amide bonds. The van der Waals surface area contributed by atoms with E-state index in [1.807, 2.05) is 190 Å². The van der Waals surface area contributed by atoms with E-state index in [9.17, 15) is 30.0 Å². The highest BCUT2D eigenvalue weighted by Gasteiger charge is 2.25. The number of aliphatic imine (C=N–C) groups is 1. The number of nitriles is 1. The number of aromatic nitrogens is 12. The first kappa shape index (κ1) is 117. The number of nitrogens with two attached hydrogens (primary N) is 8. The number of hydrogen-bond donors (Lipinski definition) is 16. The van der Waals surface area contributed by atoms with E-state index in [2.05, 4.69) is 145 Å². The summed E-state index contributed by atoms with van der Waals surface area (Å²) in [6.45, 7) is 28.4. The molecule has 0 aliphatic rings. The lowest BCUT2D eigenvalue weighted by atomic mass is 10.0. The largest absolute Gasteiger partial charge is 0.497 e. The van der Waals surface area contributed by atoms with Crippen molar-refractivity contribution in [3.8, 4) is 91.7 Å². The molecule has 0 bridgehead atoms. The minimum Gasteiger partial charge on any atom is -0.497 e. The maximum atomic E-state index is 12.5. The van der Waals surface area contributed by atoms with Crippen LogP contribution in [0, 0.1) is 107 Å². The number of nitrogen functional groups attached to an aromatic ring is 6. The molecule has 149 heavy (non-hydrogen) atoms. The Morgan fingerprint density at radius 2 is 0.725 bits per heavy atom. The number of carbonyl (C=O) groups is 1. The molecule has 0 atom stereocenters. The third kappa shape index (κ3) is 34.6. The second kappa shape index (κ2) is 55.3. The van der Waals surface area contributed by atoms with Crippen LogP contribution in [-0.4, -0.2) is 168 Å². The zero-order chi connectivity index (χ0) is 109. The number of rotatable bonds is 35. The number of benzene rings is 7. The summed E-state index contributed by atoms with van der Waals surface area (Å²) in [5, 5.41) is 26.8. The maximum Gasteiger partial charge on any atom is 0.250 e. The molecular formula is C104H123Cl3N30O8S4. The Balaban J connectivity index is 0.000000201. The van der Waals surface area contributed by atoms with Crippen LogP contribution >= 0.6 is 46.1 Å². The molecule has 7 heterocycles. The average Bonchev–Trinajstić information content (AvgIpc) is 1.34. The topological polar surface area (TPSA) is 624 Å². The zero-order valence-electron chi connectivity index (χ0n) is 85.2. The fraction of sp³-hybridized carbons (Fsp3) is 0.260. The van der Waals surface area contributed by atoms with E-state index in [0.29, 0.717) is 91.8 Å². The standard InChI is InChI=1S/C22H26N4O3S.C20H28ClN7O2S.C19H21Cl2N5O2S2.C15H16N4.C14H17N5O.C14H15N5/c1-15-6-4-7-19(16(15)2)20-14-21(26-22(23)25-20)24-12-5-13-30(27,28)18-10-8-17(29-3)9-11-18;1-12-7-5-8-15(13(12)2)16-11-17(28-20(23)27-16)25-9-6-10-26-31(29,30)18(14(3)22)19(21)24-4;1-11-5-3-6-13(12(11)2)15-10-16(26-19(22)25-15)23-7-4-8-24-30(27,28)17-9-14(20)18(21)29-17;1-4-8-17-14-9-13(18-15(16)19-14)12-7-5-6-10(2)11(12)3;1-8-4-3-5-10(9(8)2)11-6-13(17-7-12(15)20)19-14(16)18-11;1-9-4-3-5-11(10(9)2)12-8-13(17-7-6-15)19-14(16)18-12/h4,6-11,14H,5,12-13H2,1-3H3,(H3,23,24,25,26);5,7-8,11,26H,6,9-10,22H2,1-4H3,(H3,23,25,27,28);3,5-6,9-10,24H,4,7-8H2,1-2H3,(H3,22,23,25,26);1,5-7,9H,8H2,2-3H3,(H3,16,17,18,19);3-6H,7H2,1-2H3,(H2,15,20)(H3,16,17,18,19);3-5,8H,7H2,1-2H3,(H3,16,17,18,19). The Bertz CT molecular complexity index is 7480. The van der Waals surface area contributed by atoms with Crippen molar-refractivity contribution in [2.75, 3.05) is 139 Å². The van der Waals surface area contributed by atoms with E-state index in [1.54, 1.807) is 43.5 Å². The highest BCUT2D eigenvalue weighted by atomic mass is 35.5. The Kier molecular flexibility index (Phi) is 43.5. The van der Waals surface area contributed by atoms with Crippen LogP contribution in [-0.2, 0) is 34.7 Å². The molecule has 0 spiro atoms. The fourth-order valence-corrected chi connectivity index (χ4v) is 20.4. The number of methoxy groups -OCH3 is 1. The number of terminal acetylenes is 1. The molecule has 0 saturated heterocycles. The quantitative estimate of drug-likeness (QED) is 0.00759. The number of anilines is 12. The van der Waals surface area contributed by atoms with Crippen LogP contribution in [0.25, 0.3) is 67.5 Å². The van der Waals surface area contributed by atoms with Gasteiger partial charge < -0.3 is 82.5 Å². The minimum absolute atomic E-state index is 0.00267. The lowest BCUT2D eigenvalue weighted by Crippen LogP contribution is -2.30. The van der Waals surface area contributed by atoms with Crippen molar-refractivity contribution in [1.82, 2.24) is 69.3 Å². The van der Waals surface area contributed by atoms with Gasteiger partial charge >= 0.3 is 0 Å². The fourth-order valence-electron chi connectivity index (χ4n) is 14.4. The number of primary amides is 1. The number of nitrogens with one attached hydrogen (secondary N) is 8. The van der Waals surface area contributed by atoms with Gasteiger partial charge in [-0.25, -0.2) is 64.6 Å². The average molecular weight is 2160 g/mol. The van der Waals surface area contributed by atoms with Gasteiger partial charge in [0, 0.05) is 115 Å². The summed E-state index contributed by atoms with van der Waals surface area (Å²) >= 11 is 18.5. The van der Waals surface area contributed by atoms with Crippen LogP contribution in [0.15, 0.2) is 201 Å². The van der Waals surface area contributed by atoms with Crippen LogP contribution in [0.5, 0.6) is 5.75 Å². The van der Waals surface area contributed by atoms with Crippen molar-refractivity contribution < 1.29 is 34.8 Å². The summed E-state index contributed by atoms with van der Waals surface area (Å²) in [5.74, 6) is 7.15. The van der Waals surface area contributed by atoms with E-state index in [0.717, 1.165) is 107 Å². The molecule has 0 aliphatic carbocycles. The molecule has 0 fully saturated rings. The molecule has 38 nitrogen and oxygen atoms in total. The third-order valence-corrected chi connectivity index (χ3v) is 30.7. The Labute approximate surface area is 888 Å². The van der Waals surface area contributed by atoms with Gasteiger partial charge in [-0.05, 0) is 206 Å². The summed E-state index contributed by atoms with van der Waals surface area (Å²) in [6.07, 6.45) is 6.67. The van der Waals surface area contributed by atoms with Crippen LogP contribution in [0.4, 0.5) is 70.6 Å². The lowest BCUT2D eigenvalue weighted by Gasteiger charge is -2.12. The van der Waals surface area contributed by atoms with Crippen molar-refractivity contribution >= 4 is 158 Å². The van der Waals surface area contributed by atoms with Crippen molar-refractivity contribution in [3.05, 3.63) is 263 Å². The van der Waals surface area contributed by atoms with Crippen molar-refractivity contribution in [3.63, 3.8) is 0 Å². The minimum atomic E-state index is -3.87. The number of hydrogen-bond acceptors (Lipinski definition) is 36. The number of amides is 1. The summed E-state index contributed by atoms with van der Waals surface area (Å²) in [4.78, 5) is 65.2. The van der Waals surface area contributed by atoms with E-state index in [1.165, 1.54) is 53.4 Å². The number of carbonyl (C=O) groups excluding carboxylic acids is 1. The van der Waals surface area contributed by atoms with Gasteiger partial charge in [0.2, 0.25) is 61.6 Å². The van der Waals surface area contributed by atoms with Crippen molar-refractivity contribution in [2.24, 2.45) is 16.5 Å². The predicted octanol–water partition coefficient (Wildman–Crippen LogP) is 16.5. The maximum absolute atomic E-state index is 12.5. The molecule has 7 aromatic heterocycles. The summed E-state index contributed by atoms with van der Waals surface area (Å²) < 4.78 is 84.8. The summed E-state index contributed by atoms with van der Waals surface area (Å²) in [5.41, 5.74) is 70.1. The van der Waals surface area contributed by atoms with E-state index in [4.69, 9.17) is 97.1 Å². The molecule has 7 aromatic carbocycles. The highest BCUT2D eigenvalue weighted by molar-refractivity contribution is 7.94. The molecule has 24 N–H and O–H groups in total. The third-order valence-electron chi connectivity index (χ3n) is 23.0. The van der Waals surface area contributed by atoms with Gasteiger partial charge in [-0.3, -0.25) is 9.79 Å². The number of sulfonamides is 2. The highest BCUT2D eigenvalue weighted by Crippen LogP contribution is 2.37. The van der Waals surface area contributed by atoms with Gasteiger partial charge in [0.25, 0.3) is 0 Å². The van der Waals surface area contributed by atoms with Gasteiger partial charge in [-0.15, -0.1) is 17.8 Å². The number of aryl methyl sites for hydroxylation is 6. The molecule has 0 saturated carbocycles. The van der Waals surface area contributed by atoms with Gasteiger partial charge in [0.1, 0.15) is 65.8 Å². The smallest absolute Gasteiger partial charge is 0.250 e. The molecule has 14 rings (SSSR count). The Morgan fingerprint density at radius 1 is 0.423 bits per heavy atom. The second-order valence-corrected chi connectivity index (χ2v) is 41.9. The molecule has 0 unspecified atom stereocenters. The zero-order valence-corrected chi connectivity index (χ0v) is 90.8. The molecule has 45 heteroatoms. The number of sulfone groups is 1. The Morgan fingerprint density at radius 3 is 1.01 bits per heavy atom. The second-order valence-electron chi connectivity index (χ2n) is 33.7. The van der Waals surface area contributed by atoms with Gasteiger partial charge in [-0.2, -0.15) is 35.2 Å². The number of nitrogens with zero attached hydrogens (tertiary/aromatic N) is 14. The molecule has 782 valence electrons. The van der Waals surface area contributed by atoms with Crippen molar-refractivity contribution in [2.45, 2.75) is 118 Å². The van der Waals surface area contributed by atoms with Gasteiger partial charge in [0.15, 0.2) is 9.84 Å². The number of thiophene rings is 1. The number of allylic oxidation sites excluding steroid dienone is 2. The lowest BCUT2D eigenvalue weighted by molar-refractivity contribution is -0.116. The van der Waals surface area contributed by atoms with E-state index < -0.39 is 35.8 Å². The first-order valence-corrected chi connectivity index (χ1v) is 53.0. The van der Waals surface area contributed by atoms with Gasteiger partial charge in [0.05, 0.1) is 76.1 Å². The summed E-state index contributed by atoms with van der Waals surface area (Å²) in [7, 11) is -7.93. The first-order valence-electron chi connectivity index (χ1n) is 46.4. The normalized spacial score (nSPS) is 11.3. The van der Waals surface area contributed by atoms with E-state index >= 15 is 0 Å². The molecular weight excluding hydrogens is 2030 g/mol. The molecule has 0 radical (unpaired) electrons. The van der Waals surface area contributed by atoms with Crippen LogP contribution in [0.2, 0.25) is 9.36 Å². The van der Waals surface area contributed by atoms with Crippen LogP contribution < -0.4 is 92.0 Å². The summed E-state index contributed by atoms with van der Waals surface area (Å²) in [6, 6.07) is 56.8. The SMILES string of the molecule is C#CCNc1cc(-c2cccc(C)c2C)nc(N)n1.CN=C(Cl)C(=C(C)N)S(=O)(=O)NCCCNc1cc(-c2cccc(C)c2C)nc(N)n1.COc1ccc(S(=O)(=O)CCCNc2cc(-c3cccc(C)c3C)nc(N)n2)cc1.Cc1cccc(-c2cc(NCC#N)nc(N)n2)c1C.Cc1cccc(-c2cc(NCC(N)=O)nc(N)n2)c1C.Cc1cccc(-c2cc(NCCCNS(=O)(=O)c3cc(Cl)c(Cl)s3)nc(N)n2)c1C. The number of halogens is 3. The van der Waals surface area contributed by atoms with Crippen LogP contribution in [0.3, 0.4) is 0 Å². The van der Waals surface area contributed by atoms with Gasteiger partial charge in [-0.1, -0.05) is 150 Å². The van der Waals surface area contributed by atoms with Crippen LogP contribution in [0.1, 0.15) is 92.9 Å². The van der Waals surface area contributed by atoms with Crippen molar-refractivity contribution in [1.29, 1.82) is 5.26 Å². The molecule has 0 aliphatic heterocycles. The van der Waals surface area contributed by atoms with E-state index in [-0.39, 0.29) is 102 Å². The molecule has 14 aromatic rings.